The number of hydrogen-bond donors (Lipinski definition) is 0. The normalized spacial score (nSPS) is 19.2. The monoisotopic (exact) mass is 355 g/mol. The Morgan fingerprint density at radius 3 is 2.40 bits per heavy atom. The second-order valence-electron chi connectivity index (χ2n) is 6.69. The second kappa shape index (κ2) is 9.37. The number of hydrogen-bond acceptors (Lipinski definition) is 3. The van der Waals surface area contributed by atoms with Gasteiger partial charge in [0.25, 0.3) is 0 Å². The smallest absolute Gasteiger partial charge is 0.247 e. The van der Waals surface area contributed by atoms with E-state index in [-0.39, 0.29) is 24.2 Å². The highest BCUT2D eigenvalue weighted by Gasteiger charge is 2.34. The number of rotatable bonds is 7. The summed E-state index contributed by atoms with van der Waals surface area (Å²) in [5, 5.41) is 0. The molecular weight excluding hydrogens is 324 g/mol. The molecule has 0 amide bonds. The third-order valence-corrected chi connectivity index (χ3v) is 4.85. The molecule has 1 unspecified atom stereocenters. The third kappa shape index (κ3) is 5.84. The number of nitrogens with zero attached hydrogens (tertiary/aromatic N) is 1. The molecule has 0 saturated carbocycles. The maximum Gasteiger partial charge on any atom is 0.247 e. The van der Waals surface area contributed by atoms with E-state index in [4.69, 9.17) is 4.74 Å². The summed E-state index contributed by atoms with van der Waals surface area (Å²) >= 11 is 0. The van der Waals surface area contributed by atoms with Crippen LogP contribution in [0.15, 0.2) is 12.3 Å². The molecule has 3 nitrogen and oxygen atoms in total. The number of pyridine rings is 1. The fraction of sp³-hybridized carbons (Fsp3) is 0.700. The van der Waals surface area contributed by atoms with E-state index in [2.05, 4.69) is 25.8 Å². The summed E-state index contributed by atoms with van der Waals surface area (Å²) in [7, 11) is 0. The Bertz CT molecular complexity index is 569. The van der Waals surface area contributed by atoms with E-state index >= 15 is 0 Å². The van der Waals surface area contributed by atoms with E-state index in [1.807, 2.05) is 6.07 Å². The van der Waals surface area contributed by atoms with E-state index in [1.165, 1.54) is 13.8 Å². The molecule has 1 aliphatic rings. The molecule has 2 rings (SSSR count). The van der Waals surface area contributed by atoms with E-state index in [0.717, 1.165) is 30.4 Å². The average Bonchev–Trinajstić information content (AvgIpc) is 2.97. The topological polar surface area (TPSA) is 39.2 Å². The number of carbonyl (C=O) groups is 1. The zero-order valence-corrected chi connectivity index (χ0v) is 16.1. The summed E-state index contributed by atoms with van der Waals surface area (Å²) in [6.45, 7) is 9.86. The van der Waals surface area contributed by atoms with Gasteiger partial charge in [0.15, 0.2) is 5.78 Å². The van der Waals surface area contributed by atoms with Crippen molar-refractivity contribution >= 4 is 5.78 Å². The molecule has 0 aromatic carbocycles. The molecule has 2 heterocycles. The van der Waals surface area contributed by atoms with Gasteiger partial charge in [0, 0.05) is 31.0 Å². The summed E-state index contributed by atoms with van der Waals surface area (Å²) in [5.74, 6) is -2.27. The van der Waals surface area contributed by atoms with Crippen molar-refractivity contribution in [1.29, 1.82) is 0 Å². The van der Waals surface area contributed by atoms with Crippen LogP contribution in [0.4, 0.5) is 8.78 Å². The highest BCUT2D eigenvalue weighted by molar-refractivity contribution is 5.94. The van der Waals surface area contributed by atoms with Gasteiger partial charge in [0.2, 0.25) is 5.92 Å². The highest BCUT2D eigenvalue weighted by Crippen LogP contribution is 2.38. The van der Waals surface area contributed by atoms with Crippen LogP contribution in [-0.2, 0) is 16.9 Å². The molecule has 142 valence electrons. The van der Waals surface area contributed by atoms with Crippen LogP contribution in [-0.4, -0.2) is 16.7 Å². The fourth-order valence-corrected chi connectivity index (χ4v) is 2.57. The third-order valence-electron chi connectivity index (χ3n) is 4.85. The maximum atomic E-state index is 12.0. The molecule has 1 atom stereocenters. The maximum absolute atomic E-state index is 12.0. The van der Waals surface area contributed by atoms with Gasteiger partial charge in [0.05, 0.1) is 12.2 Å². The van der Waals surface area contributed by atoms with Gasteiger partial charge in [0.1, 0.15) is 5.69 Å². The summed E-state index contributed by atoms with van der Waals surface area (Å²) in [5.41, 5.74) is 2.59. The zero-order valence-electron chi connectivity index (χ0n) is 16.1. The number of aromatic nitrogens is 1. The van der Waals surface area contributed by atoms with Crippen molar-refractivity contribution < 1.29 is 18.3 Å². The number of halogens is 2. The Hall–Kier alpha value is -1.36. The van der Waals surface area contributed by atoms with Crippen molar-refractivity contribution in [2.24, 2.45) is 0 Å². The number of ketones is 1. The van der Waals surface area contributed by atoms with Gasteiger partial charge in [-0.25, -0.2) is 8.78 Å². The average molecular weight is 355 g/mol. The van der Waals surface area contributed by atoms with Crippen LogP contribution < -0.4 is 0 Å². The first-order valence-electron chi connectivity index (χ1n) is 9.27. The lowest BCUT2D eigenvalue weighted by atomic mass is 9.91. The summed E-state index contributed by atoms with van der Waals surface area (Å²) in [6.07, 6.45) is 5.19. The lowest BCUT2D eigenvalue weighted by molar-refractivity contribution is -0.0259. The van der Waals surface area contributed by atoms with Gasteiger partial charge in [-0.2, -0.15) is 0 Å². The molecule has 1 aliphatic heterocycles. The van der Waals surface area contributed by atoms with Crippen molar-refractivity contribution in [2.75, 3.05) is 0 Å². The van der Waals surface area contributed by atoms with Gasteiger partial charge in [-0.15, -0.1) is 0 Å². The van der Waals surface area contributed by atoms with Crippen LogP contribution in [0.25, 0.3) is 0 Å². The van der Waals surface area contributed by atoms with Crippen LogP contribution in [0.1, 0.15) is 94.8 Å². The Balaban J connectivity index is 0.000000381. The molecule has 1 aromatic rings. The lowest BCUT2D eigenvalue weighted by Crippen LogP contribution is -2.19. The summed E-state index contributed by atoms with van der Waals surface area (Å²) < 4.78 is 29.6. The van der Waals surface area contributed by atoms with Gasteiger partial charge >= 0.3 is 0 Å². The zero-order chi connectivity index (χ0) is 19.1. The Morgan fingerprint density at radius 2 is 1.92 bits per heavy atom. The number of ether oxygens (including phenoxy) is 1. The van der Waals surface area contributed by atoms with Crippen molar-refractivity contribution in [3.05, 3.63) is 29.1 Å². The summed E-state index contributed by atoms with van der Waals surface area (Å²) in [4.78, 5) is 16.3. The lowest BCUT2D eigenvalue weighted by Gasteiger charge is -2.22. The standard InChI is InChI=1S/C15H21NO2.C5H10F2/c1-4-6-7-14(17)13-8-12-11(9-16-13)10-18-15(12,3)5-2;1-3-5(6,7)4-2/h8-9H,4-7,10H2,1-3H3;3-4H2,1-2H3. The first-order chi connectivity index (χ1) is 11.7. The van der Waals surface area contributed by atoms with E-state index in [1.54, 1.807) is 6.20 Å². The molecule has 0 saturated heterocycles. The summed E-state index contributed by atoms with van der Waals surface area (Å²) in [6, 6.07) is 1.93. The van der Waals surface area contributed by atoms with Gasteiger partial charge < -0.3 is 4.74 Å². The van der Waals surface area contributed by atoms with Gasteiger partial charge in [-0.1, -0.05) is 34.1 Å². The molecule has 0 fully saturated rings. The number of Topliss-reactive ketones (excluding diaryl/α,β-unsaturated/α-hetero) is 1. The van der Waals surface area contributed by atoms with E-state index in [0.29, 0.717) is 18.7 Å². The van der Waals surface area contributed by atoms with E-state index in [9.17, 15) is 13.6 Å². The Morgan fingerprint density at radius 1 is 1.28 bits per heavy atom. The van der Waals surface area contributed by atoms with Crippen LogP contribution in [0.3, 0.4) is 0 Å². The Kier molecular flexibility index (Phi) is 8.13. The molecule has 0 radical (unpaired) electrons. The predicted molar refractivity (Wildman–Crippen MR) is 96.1 cm³/mol. The SMILES string of the molecule is CCC(F)(F)CC.CCCCC(=O)c1cc2c(cn1)COC2(C)CC. The quantitative estimate of drug-likeness (QED) is 0.559. The minimum atomic E-state index is -2.42. The number of fused-ring (bicyclic) bond motifs is 1. The van der Waals surface area contributed by atoms with Crippen molar-refractivity contribution in [3.8, 4) is 0 Å². The first-order valence-corrected chi connectivity index (χ1v) is 9.27. The van der Waals surface area contributed by atoms with Crippen molar-refractivity contribution in [3.63, 3.8) is 0 Å². The van der Waals surface area contributed by atoms with E-state index < -0.39 is 5.92 Å². The van der Waals surface area contributed by atoms with Gasteiger partial charge in [-0.05, 0) is 31.4 Å². The fourth-order valence-electron chi connectivity index (χ4n) is 2.57. The molecule has 5 heteroatoms. The minimum absolute atomic E-state index is 0.0382. The first kappa shape index (κ1) is 21.7. The van der Waals surface area contributed by atoms with Crippen LogP contribution in [0, 0.1) is 0 Å². The van der Waals surface area contributed by atoms with Gasteiger partial charge in [-0.3, -0.25) is 9.78 Å². The molecular formula is C20H31F2NO2. The predicted octanol–water partition coefficient (Wildman–Crippen LogP) is 6.05. The minimum Gasteiger partial charge on any atom is -0.366 e. The van der Waals surface area contributed by atoms with Crippen LogP contribution in [0.5, 0.6) is 0 Å². The number of carbonyl (C=O) groups excluding carboxylic acids is 1. The largest absolute Gasteiger partial charge is 0.366 e. The number of alkyl halides is 2. The molecule has 0 bridgehead atoms. The van der Waals surface area contributed by atoms with Crippen molar-refractivity contribution in [2.45, 2.75) is 91.3 Å². The highest BCUT2D eigenvalue weighted by atomic mass is 19.3. The van der Waals surface area contributed by atoms with Crippen LogP contribution >= 0.6 is 0 Å². The molecule has 1 aromatic heterocycles. The molecule has 0 N–H and O–H groups in total. The molecule has 0 spiro atoms. The number of unbranched alkanes of at least 4 members (excludes halogenated alkanes) is 1. The molecule has 25 heavy (non-hydrogen) atoms. The van der Waals surface area contributed by atoms with Crippen LogP contribution in [0.2, 0.25) is 0 Å². The Labute approximate surface area is 150 Å². The second-order valence-corrected chi connectivity index (χ2v) is 6.69. The van der Waals surface area contributed by atoms with Crippen molar-refractivity contribution in [1.82, 2.24) is 4.98 Å². The molecule has 0 aliphatic carbocycles.